The van der Waals surface area contributed by atoms with Gasteiger partial charge in [-0.2, -0.15) is 0 Å². The van der Waals surface area contributed by atoms with E-state index in [1.54, 1.807) is 12.1 Å². The van der Waals surface area contributed by atoms with Gasteiger partial charge in [-0.25, -0.2) is 9.37 Å². The van der Waals surface area contributed by atoms with Crippen LogP contribution in [0.2, 0.25) is 0 Å². The summed E-state index contributed by atoms with van der Waals surface area (Å²) in [4.78, 5) is 6.83. The minimum atomic E-state index is -0.412. The second kappa shape index (κ2) is 3.59. The van der Waals surface area contributed by atoms with Gasteiger partial charge in [-0.15, -0.1) is 0 Å². The lowest BCUT2D eigenvalue weighted by Crippen LogP contribution is -1.89. The molecule has 2 heterocycles. The lowest BCUT2D eigenvalue weighted by molar-refractivity contribution is 0.458. The second-order valence-electron chi connectivity index (χ2n) is 3.77. The van der Waals surface area contributed by atoms with E-state index in [1.807, 2.05) is 18.2 Å². The Morgan fingerprint density at radius 3 is 2.65 bits per heavy atom. The lowest BCUT2D eigenvalue weighted by Gasteiger charge is -2.02. The molecule has 2 N–H and O–H groups in total. The third-order valence-electron chi connectivity index (χ3n) is 2.59. The molecule has 3 rings (SSSR count). The van der Waals surface area contributed by atoms with Crippen LogP contribution >= 0.6 is 0 Å². The van der Waals surface area contributed by atoms with Crippen molar-refractivity contribution >= 4 is 11.0 Å². The summed E-state index contributed by atoms with van der Waals surface area (Å²) >= 11 is 0. The number of pyridine rings is 1. The molecule has 0 aliphatic carbocycles. The van der Waals surface area contributed by atoms with Gasteiger partial charge in [-0.1, -0.05) is 30.3 Å². The molecule has 0 spiro atoms. The number of aromatic amines is 1. The molecule has 0 aliphatic rings. The van der Waals surface area contributed by atoms with Gasteiger partial charge in [0.05, 0.1) is 11.0 Å². The number of nitrogens with one attached hydrogen (secondary N) is 1. The fraction of sp³-hybridized carbons (Fsp3) is 0. The minimum absolute atomic E-state index is 0.0166. The average molecular weight is 228 g/mol. The van der Waals surface area contributed by atoms with E-state index >= 15 is 0 Å². The highest BCUT2D eigenvalue weighted by molar-refractivity contribution is 5.80. The Bertz CT molecular complexity index is 676. The van der Waals surface area contributed by atoms with Gasteiger partial charge in [0.1, 0.15) is 5.69 Å². The van der Waals surface area contributed by atoms with Crippen LogP contribution in [0.3, 0.4) is 0 Å². The molecule has 0 saturated carbocycles. The van der Waals surface area contributed by atoms with Crippen molar-refractivity contribution in [2.45, 2.75) is 0 Å². The van der Waals surface area contributed by atoms with Crippen LogP contribution < -0.4 is 0 Å². The molecule has 3 aromatic rings. The Morgan fingerprint density at radius 2 is 1.88 bits per heavy atom. The largest absolute Gasteiger partial charge is 0.495 e. The molecule has 0 amide bonds. The average Bonchev–Trinajstić information content (AvgIpc) is 2.68. The van der Waals surface area contributed by atoms with Crippen molar-refractivity contribution in [1.29, 1.82) is 0 Å². The van der Waals surface area contributed by atoms with E-state index in [-0.39, 0.29) is 11.6 Å². The van der Waals surface area contributed by atoms with E-state index < -0.39 is 5.82 Å². The molecule has 0 unspecified atom stereocenters. The molecule has 84 valence electrons. The fourth-order valence-corrected chi connectivity index (χ4v) is 1.82. The minimum Gasteiger partial charge on any atom is -0.495 e. The SMILES string of the molecule is Oc1cc2nc(-c3ccccc3)c(F)cc2[nH]1. The van der Waals surface area contributed by atoms with Crippen molar-refractivity contribution in [1.82, 2.24) is 9.97 Å². The van der Waals surface area contributed by atoms with Crippen LogP contribution in [-0.2, 0) is 0 Å². The molecule has 0 atom stereocenters. The van der Waals surface area contributed by atoms with Crippen LogP contribution in [-0.4, -0.2) is 15.1 Å². The summed E-state index contributed by atoms with van der Waals surface area (Å²) in [6, 6.07) is 11.9. The molecule has 0 bridgehead atoms. The molecule has 2 aromatic heterocycles. The molecule has 3 nitrogen and oxygen atoms in total. The Balaban J connectivity index is 2.26. The van der Waals surface area contributed by atoms with Crippen LogP contribution in [0, 0.1) is 5.82 Å². The molecule has 1 aromatic carbocycles. The second-order valence-corrected chi connectivity index (χ2v) is 3.77. The highest BCUT2D eigenvalue weighted by Crippen LogP contribution is 2.25. The molecule has 0 aliphatic heterocycles. The van der Waals surface area contributed by atoms with E-state index in [4.69, 9.17) is 0 Å². The molecular formula is C13H9FN2O. The summed E-state index contributed by atoms with van der Waals surface area (Å²) < 4.78 is 13.9. The highest BCUT2D eigenvalue weighted by atomic mass is 19.1. The fourth-order valence-electron chi connectivity index (χ4n) is 1.82. The van der Waals surface area contributed by atoms with E-state index in [2.05, 4.69) is 9.97 Å². The third kappa shape index (κ3) is 1.63. The molecule has 0 fully saturated rings. The summed E-state index contributed by atoms with van der Waals surface area (Å²) in [5, 5.41) is 9.29. The van der Waals surface area contributed by atoms with Gasteiger partial charge in [0, 0.05) is 17.7 Å². The number of fused-ring (bicyclic) bond motifs is 1. The monoisotopic (exact) mass is 228 g/mol. The number of hydrogen-bond donors (Lipinski definition) is 2. The highest BCUT2D eigenvalue weighted by Gasteiger charge is 2.10. The van der Waals surface area contributed by atoms with E-state index in [0.29, 0.717) is 16.6 Å². The predicted molar refractivity (Wildman–Crippen MR) is 63.2 cm³/mol. The van der Waals surface area contributed by atoms with E-state index in [9.17, 15) is 9.50 Å². The van der Waals surface area contributed by atoms with Crippen LogP contribution in [0.25, 0.3) is 22.3 Å². The van der Waals surface area contributed by atoms with Gasteiger partial charge in [-0.3, -0.25) is 0 Å². The first-order chi connectivity index (χ1) is 8.24. The number of H-pyrrole nitrogens is 1. The first-order valence-corrected chi connectivity index (χ1v) is 5.18. The summed E-state index contributed by atoms with van der Waals surface area (Å²) in [5.41, 5.74) is 2.03. The van der Waals surface area contributed by atoms with Crippen molar-refractivity contribution in [3.8, 4) is 17.1 Å². The zero-order valence-corrected chi connectivity index (χ0v) is 8.81. The van der Waals surface area contributed by atoms with Crippen molar-refractivity contribution < 1.29 is 9.50 Å². The Hall–Kier alpha value is -2.36. The van der Waals surface area contributed by atoms with Crippen molar-refractivity contribution in [3.63, 3.8) is 0 Å². The Kier molecular flexibility index (Phi) is 2.08. The van der Waals surface area contributed by atoms with Crippen molar-refractivity contribution in [2.75, 3.05) is 0 Å². The number of hydrogen-bond acceptors (Lipinski definition) is 2. The number of rotatable bonds is 1. The van der Waals surface area contributed by atoms with E-state index in [1.165, 1.54) is 12.1 Å². The maximum absolute atomic E-state index is 13.9. The summed E-state index contributed by atoms with van der Waals surface area (Å²) in [6.07, 6.45) is 0. The number of benzene rings is 1. The summed E-state index contributed by atoms with van der Waals surface area (Å²) in [6.45, 7) is 0. The maximum Gasteiger partial charge on any atom is 0.190 e. The van der Waals surface area contributed by atoms with E-state index in [0.717, 1.165) is 0 Å². The Morgan fingerprint density at radius 1 is 1.12 bits per heavy atom. The van der Waals surface area contributed by atoms with Gasteiger partial charge < -0.3 is 10.1 Å². The molecule has 17 heavy (non-hydrogen) atoms. The molecule has 4 heteroatoms. The summed E-state index contributed by atoms with van der Waals surface area (Å²) in [5.74, 6) is -0.428. The smallest absolute Gasteiger partial charge is 0.190 e. The standard InChI is InChI=1S/C13H9FN2O/c14-9-6-10-11(7-12(17)15-10)16-13(9)8-4-2-1-3-5-8/h1-7,15,17H. The molecule has 0 saturated heterocycles. The Labute approximate surface area is 96.6 Å². The zero-order valence-electron chi connectivity index (χ0n) is 8.81. The van der Waals surface area contributed by atoms with Crippen molar-refractivity contribution in [3.05, 3.63) is 48.3 Å². The van der Waals surface area contributed by atoms with Gasteiger partial charge in [0.15, 0.2) is 11.7 Å². The van der Waals surface area contributed by atoms with Gasteiger partial charge in [-0.05, 0) is 0 Å². The number of nitrogens with zero attached hydrogens (tertiary/aromatic N) is 1. The topological polar surface area (TPSA) is 48.9 Å². The van der Waals surface area contributed by atoms with Crippen LogP contribution in [0.5, 0.6) is 5.88 Å². The number of halogens is 1. The number of aromatic hydroxyl groups is 1. The molecular weight excluding hydrogens is 219 g/mol. The van der Waals surface area contributed by atoms with Crippen LogP contribution in [0.4, 0.5) is 4.39 Å². The lowest BCUT2D eigenvalue weighted by atomic mass is 10.1. The predicted octanol–water partition coefficient (Wildman–Crippen LogP) is 3.07. The van der Waals surface area contributed by atoms with Crippen molar-refractivity contribution in [2.24, 2.45) is 0 Å². The van der Waals surface area contributed by atoms with Crippen LogP contribution in [0.1, 0.15) is 0 Å². The summed E-state index contributed by atoms with van der Waals surface area (Å²) in [7, 11) is 0. The first kappa shape index (κ1) is 9.84. The quantitative estimate of drug-likeness (QED) is 0.672. The normalized spacial score (nSPS) is 10.9. The van der Waals surface area contributed by atoms with Gasteiger partial charge in [0.2, 0.25) is 0 Å². The maximum atomic E-state index is 13.9. The molecule has 0 radical (unpaired) electrons. The van der Waals surface area contributed by atoms with Crippen LogP contribution in [0.15, 0.2) is 42.5 Å². The third-order valence-corrected chi connectivity index (χ3v) is 2.59. The number of aromatic nitrogens is 2. The van der Waals surface area contributed by atoms with Gasteiger partial charge >= 0.3 is 0 Å². The van der Waals surface area contributed by atoms with Gasteiger partial charge in [0.25, 0.3) is 0 Å². The first-order valence-electron chi connectivity index (χ1n) is 5.18. The zero-order chi connectivity index (χ0) is 11.8.